The number of hydrogen-bond donors (Lipinski definition) is 0. The van der Waals surface area contributed by atoms with Crippen LogP contribution < -0.4 is 4.80 Å². The predicted molar refractivity (Wildman–Crippen MR) is 106 cm³/mol. The van der Waals surface area contributed by atoms with Crippen LogP contribution >= 0.6 is 34.5 Å². The summed E-state index contributed by atoms with van der Waals surface area (Å²) in [6.45, 7) is 7.09. The van der Waals surface area contributed by atoms with Crippen LogP contribution in [0.2, 0.25) is 10.0 Å². The van der Waals surface area contributed by atoms with E-state index in [2.05, 4.69) is 42.5 Å². The lowest BCUT2D eigenvalue weighted by molar-refractivity contribution is 0.0998. The second kappa shape index (κ2) is 7.32. The maximum absolute atomic E-state index is 12.6. The molecular weight excluding hydrogens is 375 g/mol. The summed E-state index contributed by atoms with van der Waals surface area (Å²) in [5.41, 5.74) is 3.89. The molecule has 0 saturated carbocycles. The van der Waals surface area contributed by atoms with Crippen molar-refractivity contribution in [2.24, 2.45) is 4.99 Å². The van der Waals surface area contributed by atoms with Crippen LogP contribution in [0.15, 0.2) is 35.3 Å². The van der Waals surface area contributed by atoms with E-state index in [0.717, 1.165) is 23.2 Å². The average Bonchev–Trinajstić information content (AvgIpc) is 2.87. The minimum Gasteiger partial charge on any atom is -0.316 e. The largest absolute Gasteiger partial charge is 0.316 e. The molecule has 0 atom stereocenters. The van der Waals surface area contributed by atoms with E-state index in [9.17, 15) is 4.79 Å². The number of hydrogen-bond acceptors (Lipinski definition) is 2. The van der Waals surface area contributed by atoms with Crippen LogP contribution in [0.25, 0.3) is 10.2 Å². The molecule has 1 heterocycles. The number of thiazole rings is 1. The number of carbonyl (C=O) groups excluding carboxylic acids is 1. The summed E-state index contributed by atoms with van der Waals surface area (Å²) in [6.07, 6.45) is 0.956. The Morgan fingerprint density at radius 3 is 2.60 bits per heavy atom. The van der Waals surface area contributed by atoms with Gasteiger partial charge in [-0.3, -0.25) is 4.79 Å². The highest BCUT2D eigenvalue weighted by molar-refractivity contribution is 7.16. The fourth-order valence-electron chi connectivity index (χ4n) is 2.65. The van der Waals surface area contributed by atoms with Crippen LogP contribution in [0.5, 0.6) is 0 Å². The van der Waals surface area contributed by atoms with Gasteiger partial charge in [0, 0.05) is 11.6 Å². The molecule has 3 aromatic rings. The molecule has 0 aliphatic rings. The predicted octanol–water partition coefficient (Wildman–Crippen LogP) is 5.78. The Bertz CT molecular complexity index is 1030. The molecule has 0 aliphatic heterocycles. The van der Waals surface area contributed by atoms with Crippen molar-refractivity contribution >= 4 is 50.7 Å². The number of fused-ring (bicyclic) bond motifs is 1. The highest BCUT2D eigenvalue weighted by atomic mass is 35.5. The van der Waals surface area contributed by atoms with Crippen LogP contribution in [0.3, 0.4) is 0 Å². The SMILES string of the molecule is CCCn1c(=NC(=O)c2cc(Cl)ccc2Cl)sc2cc(C)c(C)cc21. The van der Waals surface area contributed by atoms with E-state index in [1.54, 1.807) is 18.2 Å². The van der Waals surface area contributed by atoms with E-state index in [4.69, 9.17) is 23.2 Å². The molecule has 1 amide bonds. The molecular formula is C19H18Cl2N2OS. The molecule has 0 aliphatic carbocycles. The zero-order valence-corrected chi connectivity index (χ0v) is 16.6. The lowest BCUT2D eigenvalue weighted by Gasteiger charge is -2.05. The van der Waals surface area contributed by atoms with Crippen molar-refractivity contribution in [3.63, 3.8) is 0 Å². The van der Waals surface area contributed by atoms with Gasteiger partial charge < -0.3 is 4.57 Å². The van der Waals surface area contributed by atoms with Gasteiger partial charge in [-0.2, -0.15) is 4.99 Å². The van der Waals surface area contributed by atoms with Crippen LogP contribution in [0, 0.1) is 13.8 Å². The molecule has 0 fully saturated rings. The molecule has 2 aromatic carbocycles. The van der Waals surface area contributed by atoms with Crippen molar-refractivity contribution in [1.82, 2.24) is 4.57 Å². The van der Waals surface area contributed by atoms with Gasteiger partial charge in [0.05, 0.1) is 20.8 Å². The highest BCUT2D eigenvalue weighted by Crippen LogP contribution is 2.24. The van der Waals surface area contributed by atoms with Crippen molar-refractivity contribution < 1.29 is 4.79 Å². The van der Waals surface area contributed by atoms with E-state index >= 15 is 0 Å². The van der Waals surface area contributed by atoms with Crippen molar-refractivity contribution in [2.45, 2.75) is 33.7 Å². The Hall–Kier alpha value is -1.62. The van der Waals surface area contributed by atoms with E-state index in [1.165, 1.54) is 22.5 Å². The summed E-state index contributed by atoms with van der Waals surface area (Å²) in [4.78, 5) is 17.7. The molecule has 3 rings (SSSR count). The third-order valence-electron chi connectivity index (χ3n) is 4.10. The number of halogens is 2. The number of benzene rings is 2. The highest BCUT2D eigenvalue weighted by Gasteiger charge is 2.13. The van der Waals surface area contributed by atoms with Gasteiger partial charge in [0.2, 0.25) is 0 Å². The molecule has 130 valence electrons. The van der Waals surface area contributed by atoms with Gasteiger partial charge in [0.15, 0.2) is 4.80 Å². The van der Waals surface area contributed by atoms with Gasteiger partial charge in [-0.15, -0.1) is 0 Å². The lowest BCUT2D eigenvalue weighted by Crippen LogP contribution is -2.17. The summed E-state index contributed by atoms with van der Waals surface area (Å²) in [7, 11) is 0. The fraction of sp³-hybridized carbons (Fsp3) is 0.263. The molecule has 0 N–H and O–H groups in total. The molecule has 0 bridgehead atoms. The number of rotatable bonds is 3. The smallest absolute Gasteiger partial charge is 0.281 e. The molecule has 1 aromatic heterocycles. The average molecular weight is 393 g/mol. The Labute approximate surface area is 160 Å². The molecule has 0 spiro atoms. The van der Waals surface area contributed by atoms with Crippen molar-refractivity contribution in [2.75, 3.05) is 0 Å². The van der Waals surface area contributed by atoms with E-state index < -0.39 is 0 Å². The molecule has 25 heavy (non-hydrogen) atoms. The second-order valence-electron chi connectivity index (χ2n) is 5.98. The molecule has 3 nitrogen and oxygen atoms in total. The fourth-order valence-corrected chi connectivity index (χ4v) is 4.16. The van der Waals surface area contributed by atoms with Crippen LogP contribution in [0.4, 0.5) is 0 Å². The first kappa shape index (κ1) is 18.2. The van der Waals surface area contributed by atoms with Gasteiger partial charge in [-0.05, 0) is 61.7 Å². The molecule has 0 radical (unpaired) electrons. The monoisotopic (exact) mass is 392 g/mol. The lowest BCUT2D eigenvalue weighted by atomic mass is 10.1. The topological polar surface area (TPSA) is 34.4 Å². The van der Waals surface area contributed by atoms with Crippen LogP contribution in [0.1, 0.15) is 34.8 Å². The Morgan fingerprint density at radius 2 is 1.88 bits per heavy atom. The third-order valence-corrected chi connectivity index (χ3v) is 5.71. The molecule has 0 saturated heterocycles. The number of nitrogens with zero attached hydrogens (tertiary/aromatic N) is 2. The summed E-state index contributed by atoms with van der Waals surface area (Å²) in [6, 6.07) is 9.14. The van der Waals surface area contributed by atoms with Gasteiger partial charge in [-0.25, -0.2) is 0 Å². The Morgan fingerprint density at radius 1 is 1.16 bits per heavy atom. The number of aromatic nitrogens is 1. The normalized spacial score (nSPS) is 12.1. The van der Waals surface area contributed by atoms with Gasteiger partial charge in [0.25, 0.3) is 5.91 Å². The van der Waals surface area contributed by atoms with Gasteiger partial charge in [0.1, 0.15) is 0 Å². The maximum atomic E-state index is 12.6. The molecule has 0 unspecified atom stereocenters. The minimum absolute atomic E-state index is 0.321. The first-order chi connectivity index (χ1) is 11.9. The summed E-state index contributed by atoms with van der Waals surface area (Å²) in [5.74, 6) is -0.377. The van der Waals surface area contributed by atoms with E-state index in [1.807, 2.05) is 0 Å². The summed E-state index contributed by atoms with van der Waals surface area (Å²) >= 11 is 13.6. The minimum atomic E-state index is -0.377. The van der Waals surface area contributed by atoms with Crippen molar-refractivity contribution in [3.05, 3.63) is 61.9 Å². The second-order valence-corrected chi connectivity index (χ2v) is 7.83. The van der Waals surface area contributed by atoms with Crippen molar-refractivity contribution in [3.8, 4) is 0 Å². The standard InChI is InChI=1S/C19H18Cl2N2OS/c1-4-7-23-16-8-11(2)12(3)9-17(16)25-19(23)22-18(24)14-10-13(20)5-6-15(14)21/h5-6,8-10H,4,7H2,1-3H3. The van der Waals surface area contributed by atoms with E-state index in [-0.39, 0.29) is 5.91 Å². The van der Waals surface area contributed by atoms with Gasteiger partial charge >= 0.3 is 0 Å². The summed E-state index contributed by atoms with van der Waals surface area (Å²) in [5, 5.41) is 0.819. The Balaban J connectivity index is 2.19. The van der Waals surface area contributed by atoms with E-state index in [0.29, 0.717) is 20.4 Å². The van der Waals surface area contributed by atoms with Crippen molar-refractivity contribution in [1.29, 1.82) is 0 Å². The Kier molecular flexibility index (Phi) is 5.32. The van der Waals surface area contributed by atoms with Crippen LogP contribution in [-0.4, -0.2) is 10.5 Å². The zero-order chi connectivity index (χ0) is 18.1. The van der Waals surface area contributed by atoms with Crippen LogP contribution in [-0.2, 0) is 6.54 Å². The maximum Gasteiger partial charge on any atom is 0.281 e. The van der Waals surface area contributed by atoms with Gasteiger partial charge in [-0.1, -0.05) is 41.5 Å². The number of carbonyl (C=O) groups is 1. The first-order valence-corrected chi connectivity index (χ1v) is 9.62. The zero-order valence-electron chi connectivity index (χ0n) is 14.3. The number of aryl methyl sites for hydroxylation is 3. The molecule has 6 heteroatoms. The third kappa shape index (κ3) is 3.66. The quantitative estimate of drug-likeness (QED) is 0.556. The summed E-state index contributed by atoms with van der Waals surface area (Å²) < 4.78 is 3.23. The first-order valence-electron chi connectivity index (χ1n) is 8.05. The number of amides is 1.